The second-order valence-corrected chi connectivity index (χ2v) is 7.37. The monoisotopic (exact) mass is 414 g/mol. The number of nitrogens with one attached hydrogen (secondary N) is 1. The summed E-state index contributed by atoms with van der Waals surface area (Å²) in [5, 5.41) is 15.4. The zero-order valence-electron chi connectivity index (χ0n) is 14.6. The number of nitrogens with zero attached hydrogens (tertiary/aromatic N) is 3. The lowest BCUT2D eigenvalue weighted by atomic mass is 9.97. The zero-order valence-corrected chi connectivity index (χ0v) is 15.4. The Morgan fingerprint density at radius 1 is 1.43 bits per heavy atom. The standard InChI is InChI=1S/C17H17F3N4O3S/c18-17(19,20)12-4-2-6-23(8-12)9-15(25)22-16-21-14(10-28-16)11-3-1-5-13(7-11)24(26)27/h1,3,5,7,10,12H,2,4,6,8-9H2,(H,21,22,25). The highest BCUT2D eigenvalue weighted by Gasteiger charge is 2.41. The van der Waals surface area contributed by atoms with Gasteiger partial charge in [0.2, 0.25) is 5.91 Å². The molecule has 1 aromatic carbocycles. The summed E-state index contributed by atoms with van der Waals surface area (Å²) in [6.45, 7) is 0.114. The van der Waals surface area contributed by atoms with Gasteiger partial charge in [0.1, 0.15) is 0 Å². The number of halogens is 3. The maximum absolute atomic E-state index is 12.9. The minimum Gasteiger partial charge on any atom is -0.301 e. The summed E-state index contributed by atoms with van der Waals surface area (Å²) < 4.78 is 38.6. The average molecular weight is 414 g/mol. The lowest BCUT2D eigenvalue weighted by molar-refractivity contribution is -0.384. The summed E-state index contributed by atoms with van der Waals surface area (Å²) in [6, 6.07) is 5.95. The fourth-order valence-electron chi connectivity index (χ4n) is 3.07. The molecule has 0 radical (unpaired) electrons. The van der Waals surface area contributed by atoms with E-state index < -0.39 is 22.9 Å². The molecule has 2 aromatic rings. The van der Waals surface area contributed by atoms with Gasteiger partial charge in [0.25, 0.3) is 5.69 Å². The molecule has 1 atom stereocenters. The first-order valence-electron chi connectivity index (χ1n) is 8.51. The van der Waals surface area contributed by atoms with Gasteiger partial charge in [0.15, 0.2) is 5.13 Å². The summed E-state index contributed by atoms with van der Waals surface area (Å²) in [7, 11) is 0. The second-order valence-electron chi connectivity index (χ2n) is 6.51. The number of carbonyl (C=O) groups is 1. The molecule has 1 N–H and O–H groups in total. The van der Waals surface area contributed by atoms with Crippen LogP contribution in [0.4, 0.5) is 24.0 Å². The zero-order chi connectivity index (χ0) is 20.3. The Labute approximate surface area is 162 Å². The molecule has 3 rings (SSSR count). The molecule has 150 valence electrons. The number of alkyl halides is 3. The number of aromatic nitrogens is 1. The smallest absolute Gasteiger partial charge is 0.301 e. The molecule has 1 aliphatic heterocycles. The number of non-ortho nitro benzene ring substituents is 1. The number of rotatable bonds is 5. The lowest BCUT2D eigenvalue weighted by Crippen LogP contribution is -2.44. The Bertz CT molecular complexity index is 871. The van der Waals surface area contributed by atoms with Crippen LogP contribution >= 0.6 is 11.3 Å². The number of anilines is 1. The van der Waals surface area contributed by atoms with Crippen molar-refractivity contribution in [2.45, 2.75) is 19.0 Å². The van der Waals surface area contributed by atoms with Gasteiger partial charge in [-0.25, -0.2) is 4.98 Å². The van der Waals surface area contributed by atoms with Crippen LogP contribution in [-0.4, -0.2) is 46.5 Å². The number of nitro benzene ring substituents is 1. The van der Waals surface area contributed by atoms with Crippen LogP contribution in [0.15, 0.2) is 29.6 Å². The molecule has 1 aliphatic rings. The average Bonchev–Trinajstić information content (AvgIpc) is 3.09. The number of benzene rings is 1. The largest absolute Gasteiger partial charge is 0.393 e. The van der Waals surface area contributed by atoms with E-state index in [-0.39, 0.29) is 30.3 Å². The quantitative estimate of drug-likeness (QED) is 0.592. The molecule has 11 heteroatoms. The highest BCUT2D eigenvalue weighted by Crippen LogP contribution is 2.33. The van der Waals surface area contributed by atoms with E-state index in [1.807, 2.05) is 0 Å². The van der Waals surface area contributed by atoms with Crippen LogP contribution in [0.5, 0.6) is 0 Å². The van der Waals surface area contributed by atoms with E-state index in [1.165, 1.54) is 17.0 Å². The summed E-state index contributed by atoms with van der Waals surface area (Å²) in [5.41, 5.74) is 0.939. The van der Waals surface area contributed by atoms with Gasteiger partial charge >= 0.3 is 6.18 Å². The molecular formula is C17H17F3N4O3S. The molecule has 0 aliphatic carbocycles. The maximum Gasteiger partial charge on any atom is 0.393 e. The van der Waals surface area contributed by atoms with Crippen molar-refractivity contribution in [2.75, 3.05) is 25.0 Å². The first kappa shape index (κ1) is 20.2. The summed E-state index contributed by atoms with van der Waals surface area (Å²) >= 11 is 1.14. The van der Waals surface area contributed by atoms with E-state index >= 15 is 0 Å². The topological polar surface area (TPSA) is 88.4 Å². The minimum atomic E-state index is -4.25. The Kier molecular flexibility index (Phi) is 5.94. The number of hydrogen-bond donors (Lipinski definition) is 1. The van der Waals surface area contributed by atoms with Gasteiger partial charge in [0.05, 0.1) is 23.1 Å². The van der Waals surface area contributed by atoms with E-state index in [4.69, 9.17) is 0 Å². The number of likely N-dealkylation sites (tertiary alicyclic amines) is 1. The number of hydrogen-bond acceptors (Lipinski definition) is 6. The third kappa shape index (κ3) is 5.04. The van der Waals surface area contributed by atoms with Gasteiger partial charge in [-0.1, -0.05) is 12.1 Å². The van der Waals surface area contributed by atoms with Gasteiger partial charge in [-0.2, -0.15) is 13.2 Å². The van der Waals surface area contributed by atoms with Crippen LogP contribution in [0.1, 0.15) is 12.8 Å². The summed E-state index contributed by atoms with van der Waals surface area (Å²) in [6.07, 6.45) is -3.77. The van der Waals surface area contributed by atoms with Crippen molar-refractivity contribution in [1.82, 2.24) is 9.88 Å². The first-order valence-corrected chi connectivity index (χ1v) is 9.39. The van der Waals surface area contributed by atoms with Crippen LogP contribution in [-0.2, 0) is 4.79 Å². The van der Waals surface area contributed by atoms with Gasteiger partial charge in [0, 0.05) is 29.6 Å². The van der Waals surface area contributed by atoms with E-state index in [0.717, 1.165) is 11.3 Å². The van der Waals surface area contributed by atoms with Crippen molar-refractivity contribution in [3.63, 3.8) is 0 Å². The van der Waals surface area contributed by atoms with Gasteiger partial charge in [-0.3, -0.25) is 19.8 Å². The molecule has 1 saturated heterocycles. The van der Waals surface area contributed by atoms with Crippen LogP contribution < -0.4 is 5.32 Å². The van der Waals surface area contributed by atoms with Crippen molar-refractivity contribution in [1.29, 1.82) is 0 Å². The molecule has 7 nitrogen and oxygen atoms in total. The van der Waals surface area contributed by atoms with Crippen LogP contribution in [0, 0.1) is 16.0 Å². The van der Waals surface area contributed by atoms with E-state index in [0.29, 0.717) is 24.2 Å². The Morgan fingerprint density at radius 3 is 2.93 bits per heavy atom. The molecule has 1 unspecified atom stereocenters. The summed E-state index contributed by atoms with van der Waals surface area (Å²) in [5.74, 6) is -1.85. The normalized spacial score (nSPS) is 18.0. The van der Waals surface area contributed by atoms with E-state index in [1.54, 1.807) is 17.5 Å². The van der Waals surface area contributed by atoms with Crippen LogP contribution in [0.2, 0.25) is 0 Å². The number of amides is 1. The first-order chi connectivity index (χ1) is 13.2. The molecule has 0 spiro atoms. The highest BCUT2D eigenvalue weighted by molar-refractivity contribution is 7.14. The number of thiazole rings is 1. The van der Waals surface area contributed by atoms with Gasteiger partial charge in [-0.15, -0.1) is 11.3 Å². The van der Waals surface area contributed by atoms with Crippen molar-refractivity contribution >= 4 is 28.1 Å². The highest BCUT2D eigenvalue weighted by atomic mass is 32.1. The predicted octanol–water partition coefficient (Wildman–Crippen LogP) is 3.93. The van der Waals surface area contributed by atoms with Crippen molar-refractivity contribution in [3.05, 3.63) is 39.8 Å². The van der Waals surface area contributed by atoms with Crippen molar-refractivity contribution in [2.24, 2.45) is 5.92 Å². The Hall–Kier alpha value is -2.53. The molecular weight excluding hydrogens is 397 g/mol. The van der Waals surface area contributed by atoms with Gasteiger partial charge < -0.3 is 5.32 Å². The molecule has 2 heterocycles. The fraction of sp³-hybridized carbons (Fsp3) is 0.412. The minimum absolute atomic E-state index is 0.0691. The SMILES string of the molecule is O=C(CN1CCCC(C(F)(F)F)C1)Nc1nc(-c2cccc([N+](=O)[O-])c2)cs1. The third-order valence-electron chi connectivity index (χ3n) is 4.44. The number of piperidine rings is 1. The van der Waals surface area contributed by atoms with Crippen molar-refractivity contribution < 1.29 is 22.9 Å². The maximum atomic E-state index is 12.9. The molecule has 1 amide bonds. The Balaban J connectivity index is 1.60. The number of carbonyl (C=O) groups excluding carboxylic acids is 1. The number of nitro groups is 1. The molecule has 0 saturated carbocycles. The fourth-order valence-corrected chi connectivity index (χ4v) is 3.81. The third-order valence-corrected chi connectivity index (χ3v) is 5.20. The summed E-state index contributed by atoms with van der Waals surface area (Å²) in [4.78, 5) is 28.3. The van der Waals surface area contributed by atoms with E-state index in [2.05, 4.69) is 10.3 Å². The Morgan fingerprint density at radius 2 is 2.21 bits per heavy atom. The molecule has 1 aromatic heterocycles. The molecule has 1 fully saturated rings. The van der Waals surface area contributed by atoms with Crippen LogP contribution in [0.3, 0.4) is 0 Å². The van der Waals surface area contributed by atoms with E-state index in [9.17, 15) is 28.1 Å². The predicted molar refractivity (Wildman–Crippen MR) is 98.1 cm³/mol. The second kappa shape index (κ2) is 8.23. The lowest BCUT2D eigenvalue weighted by Gasteiger charge is -2.33. The van der Waals surface area contributed by atoms with Crippen LogP contribution in [0.25, 0.3) is 11.3 Å². The molecule has 0 bridgehead atoms. The van der Waals surface area contributed by atoms with Gasteiger partial charge in [-0.05, 0) is 19.4 Å². The van der Waals surface area contributed by atoms with Crippen molar-refractivity contribution in [3.8, 4) is 11.3 Å². The molecule has 28 heavy (non-hydrogen) atoms.